The van der Waals surface area contributed by atoms with E-state index in [1.165, 1.54) is 0 Å². The fourth-order valence-corrected chi connectivity index (χ4v) is 2.20. The Bertz CT molecular complexity index is 633. The lowest BCUT2D eigenvalue weighted by Crippen LogP contribution is -2.31. The fourth-order valence-electron chi connectivity index (χ4n) is 2.20. The smallest absolute Gasteiger partial charge is 0.253 e. The molecule has 1 aliphatic heterocycles. The Morgan fingerprint density at radius 1 is 1.38 bits per heavy atom. The van der Waals surface area contributed by atoms with Gasteiger partial charge in [0.1, 0.15) is 6.07 Å². The summed E-state index contributed by atoms with van der Waals surface area (Å²) < 4.78 is 0. The van der Waals surface area contributed by atoms with Gasteiger partial charge in [-0.25, -0.2) is 0 Å². The van der Waals surface area contributed by atoms with Crippen LogP contribution in [0.15, 0.2) is 18.2 Å². The molecule has 1 aromatic carbocycles. The van der Waals surface area contributed by atoms with E-state index in [9.17, 15) is 4.79 Å². The maximum Gasteiger partial charge on any atom is 0.253 e. The van der Waals surface area contributed by atoms with Gasteiger partial charge in [-0.2, -0.15) is 5.26 Å². The second-order valence-corrected chi connectivity index (χ2v) is 3.82. The fraction of sp³-hybridized carbons (Fsp3) is 0.167. The molecule has 3 rings (SSSR count). The minimum atomic E-state index is -0.0532. The lowest BCUT2D eigenvalue weighted by molar-refractivity contribution is 0.0947. The van der Waals surface area contributed by atoms with Crippen LogP contribution in [0, 0.1) is 11.3 Å². The van der Waals surface area contributed by atoms with E-state index >= 15 is 0 Å². The number of hydrogen-bond donors (Lipinski definition) is 2. The molecule has 0 bridgehead atoms. The number of hydrogen-bond acceptors (Lipinski definition) is 2. The van der Waals surface area contributed by atoms with Gasteiger partial charge in [-0.3, -0.25) is 4.79 Å². The Balaban J connectivity index is 2.42. The van der Waals surface area contributed by atoms with Crippen LogP contribution in [0.1, 0.15) is 21.6 Å². The monoisotopic (exact) mass is 211 g/mol. The average molecular weight is 211 g/mol. The molecular formula is C12H9N3O. The van der Waals surface area contributed by atoms with Crippen LogP contribution in [-0.2, 0) is 6.42 Å². The molecule has 4 heteroatoms. The molecule has 0 unspecified atom stereocenters. The van der Waals surface area contributed by atoms with Crippen molar-refractivity contribution in [3.8, 4) is 6.07 Å². The highest BCUT2D eigenvalue weighted by atomic mass is 16.1. The van der Waals surface area contributed by atoms with E-state index in [4.69, 9.17) is 5.26 Å². The lowest BCUT2D eigenvalue weighted by atomic mass is 10.0. The van der Waals surface area contributed by atoms with Gasteiger partial charge in [0.15, 0.2) is 0 Å². The predicted octanol–water partition coefficient (Wildman–Crippen LogP) is 1.33. The first-order valence-electron chi connectivity index (χ1n) is 5.13. The van der Waals surface area contributed by atoms with Crippen molar-refractivity contribution in [3.63, 3.8) is 0 Å². The minimum absolute atomic E-state index is 0.0532. The number of carbonyl (C=O) groups excluding carboxylic acids is 1. The molecule has 2 aromatic rings. The van der Waals surface area contributed by atoms with Crippen LogP contribution in [0.3, 0.4) is 0 Å². The van der Waals surface area contributed by atoms with Gasteiger partial charge < -0.3 is 10.3 Å². The standard InChI is InChI=1S/C12H9N3O/c13-6-7-2-1-3-8-10-9(15-11(7)8)4-5-14-12(10)16/h1-3,15H,4-5H2,(H,14,16). The highest BCUT2D eigenvalue weighted by Gasteiger charge is 2.22. The van der Waals surface area contributed by atoms with Gasteiger partial charge >= 0.3 is 0 Å². The molecule has 2 heterocycles. The number of nitrogens with zero attached hydrogens (tertiary/aromatic N) is 1. The van der Waals surface area contributed by atoms with Crippen molar-refractivity contribution in [2.24, 2.45) is 0 Å². The molecule has 0 aliphatic carbocycles. The maximum atomic E-state index is 11.7. The number of amides is 1. The molecule has 0 atom stereocenters. The van der Waals surface area contributed by atoms with Crippen LogP contribution in [0.25, 0.3) is 10.9 Å². The maximum absolute atomic E-state index is 11.7. The summed E-state index contributed by atoms with van der Waals surface area (Å²) in [7, 11) is 0. The Morgan fingerprint density at radius 3 is 3.06 bits per heavy atom. The highest BCUT2D eigenvalue weighted by molar-refractivity contribution is 6.09. The van der Waals surface area contributed by atoms with Crippen molar-refractivity contribution in [1.82, 2.24) is 10.3 Å². The van der Waals surface area contributed by atoms with Crippen molar-refractivity contribution in [3.05, 3.63) is 35.0 Å². The van der Waals surface area contributed by atoms with Crippen LogP contribution in [-0.4, -0.2) is 17.4 Å². The normalized spacial score (nSPS) is 14.3. The van der Waals surface area contributed by atoms with Gasteiger partial charge in [0, 0.05) is 24.0 Å². The highest BCUT2D eigenvalue weighted by Crippen LogP contribution is 2.26. The molecule has 0 saturated heterocycles. The molecule has 2 N–H and O–H groups in total. The van der Waals surface area contributed by atoms with Gasteiger partial charge in [-0.05, 0) is 6.07 Å². The number of aromatic amines is 1. The van der Waals surface area contributed by atoms with E-state index in [0.717, 1.165) is 23.0 Å². The van der Waals surface area contributed by atoms with Crippen LogP contribution in [0.5, 0.6) is 0 Å². The molecule has 0 saturated carbocycles. The SMILES string of the molecule is N#Cc1cccc2c3c([nH]c12)CCNC3=O. The summed E-state index contributed by atoms with van der Waals surface area (Å²) in [5, 5.41) is 12.6. The molecule has 78 valence electrons. The average Bonchev–Trinajstić information content (AvgIpc) is 2.68. The zero-order valence-electron chi connectivity index (χ0n) is 8.50. The lowest BCUT2D eigenvalue weighted by Gasteiger charge is -2.11. The van der Waals surface area contributed by atoms with Gasteiger partial charge in [0.25, 0.3) is 5.91 Å². The van der Waals surface area contributed by atoms with E-state index < -0.39 is 0 Å². The Morgan fingerprint density at radius 2 is 2.25 bits per heavy atom. The summed E-state index contributed by atoms with van der Waals surface area (Å²) >= 11 is 0. The topological polar surface area (TPSA) is 68.7 Å². The second kappa shape index (κ2) is 3.11. The van der Waals surface area contributed by atoms with Gasteiger partial charge in [0.2, 0.25) is 0 Å². The van der Waals surface area contributed by atoms with Crippen LogP contribution >= 0.6 is 0 Å². The largest absolute Gasteiger partial charge is 0.357 e. The molecule has 4 nitrogen and oxygen atoms in total. The van der Waals surface area contributed by atoms with Crippen molar-refractivity contribution in [2.45, 2.75) is 6.42 Å². The first-order chi connectivity index (χ1) is 7.81. The third kappa shape index (κ3) is 1.06. The number of benzene rings is 1. The quantitative estimate of drug-likeness (QED) is 0.690. The molecule has 1 amide bonds. The van der Waals surface area contributed by atoms with E-state index in [2.05, 4.69) is 16.4 Å². The molecule has 0 spiro atoms. The number of rotatable bonds is 0. The van der Waals surface area contributed by atoms with Crippen molar-refractivity contribution in [2.75, 3.05) is 6.54 Å². The number of nitriles is 1. The minimum Gasteiger partial charge on any atom is -0.357 e. The molecule has 1 aromatic heterocycles. The van der Waals surface area contributed by atoms with Gasteiger partial charge in [0.05, 0.1) is 16.6 Å². The Labute approximate surface area is 91.9 Å². The van der Waals surface area contributed by atoms with E-state index in [-0.39, 0.29) is 5.91 Å². The van der Waals surface area contributed by atoms with Crippen LogP contribution in [0.4, 0.5) is 0 Å². The Hall–Kier alpha value is -2.28. The number of carbonyl (C=O) groups is 1. The van der Waals surface area contributed by atoms with Crippen molar-refractivity contribution >= 4 is 16.8 Å². The van der Waals surface area contributed by atoms with E-state index in [1.54, 1.807) is 12.1 Å². The zero-order chi connectivity index (χ0) is 11.1. The van der Waals surface area contributed by atoms with Gasteiger partial charge in [-0.1, -0.05) is 12.1 Å². The zero-order valence-corrected chi connectivity index (χ0v) is 8.50. The van der Waals surface area contributed by atoms with E-state index in [0.29, 0.717) is 17.7 Å². The number of fused-ring (bicyclic) bond motifs is 3. The van der Waals surface area contributed by atoms with E-state index in [1.807, 2.05) is 6.07 Å². The number of para-hydroxylation sites is 1. The van der Waals surface area contributed by atoms with Crippen LogP contribution in [0.2, 0.25) is 0 Å². The first kappa shape index (κ1) is 8.98. The first-order valence-corrected chi connectivity index (χ1v) is 5.13. The molecular weight excluding hydrogens is 202 g/mol. The van der Waals surface area contributed by atoms with Gasteiger partial charge in [-0.15, -0.1) is 0 Å². The third-order valence-corrected chi connectivity index (χ3v) is 2.92. The van der Waals surface area contributed by atoms with Crippen LogP contribution < -0.4 is 5.32 Å². The second-order valence-electron chi connectivity index (χ2n) is 3.82. The molecule has 16 heavy (non-hydrogen) atoms. The molecule has 0 radical (unpaired) electrons. The predicted molar refractivity (Wildman–Crippen MR) is 59.1 cm³/mol. The summed E-state index contributed by atoms with van der Waals surface area (Å²) in [6.07, 6.45) is 0.792. The Kier molecular flexibility index (Phi) is 1.74. The third-order valence-electron chi connectivity index (χ3n) is 2.92. The number of nitrogens with one attached hydrogen (secondary N) is 2. The summed E-state index contributed by atoms with van der Waals surface area (Å²) in [6.45, 7) is 0.653. The molecule has 1 aliphatic rings. The van der Waals surface area contributed by atoms with Crippen molar-refractivity contribution < 1.29 is 4.79 Å². The summed E-state index contributed by atoms with van der Waals surface area (Å²) in [6, 6.07) is 7.56. The number of aromatic nitrogens is 1. The summed E-state index contributed by atoms with van der Waals surface area (Å²) in [5.74, 6) is -0.0532. The summed E-state index contributed by atoms with van der Waals surface area (Å²) in [5.41, 5.74) is 2.98. The summed E-state index contributed by atoms with van der Waals surface area (Å²) in [4.78, 5) is 14.9. The number of H-pyrrole nitrogens is 1. The molecule has 0 fully saturated rings. The van der Waals surface area contributed by atoms with Crippen molar-refractivity contribution in [1.29, 1.82) is 5.26 Å².